The molecule has 1 fully saturated rings. The van der Waals surface area contributed by atoms with Crippen molar-refractivity contribution in [3.63, 3.8) is 0 Å². The zero-order valence-corrected chi connectivity index (χ0v) is 11.3. The van der Waals surface area contributed by atoms with Gasteiger partial charge in [0.05, 0.1) is 25.7 Å². The van der Waals surface area contributed by atoms with Crippen molar-refractivity contribution in [3.05, 3.63) is 23.3 Å². The molecule has 1 saturated carbocycles. The number of rotatable bonds is 5. The van der Waals surface area contributed by atoms with Gasteiger partial charge in [0.1, 0.15) is 11.5 Å². The van der Waals surface area contributed by atoms with E-state index in [9.17, 15) is 15.0 Å². The summed E-state index contributed by atoms with van der Waals surface area (Å²) in [5.74, 6) is 0.169. The Morgan fingerprint density at radius 1 is 1.32 bits per heavy atom. The lowest BCUT2D eigenvalue weighted by Crippen LogP contribution is -2.24. The minimum atomic E-state index is -1.07. The van der Waals surface area contributed by atoms with Crippen molar-refractivity contribution in [2.24, 2.45) is 5.41 Å². The standard InChI is InChI=1S/C14H18O5/c1-8-10(18-2)5-4-9(11(8)19-3)12(15)14(6-7-14)13(16)17/h4-5,12,15H,6-7H2,1-3H3,(H,16,17). The van der Waals surface area contributed by atoms with Gasteiger partial charge in [0.15, 0.2) is 0 Å². The Morgan fingerprint density at radius 2 is 1.95 bits per heavy atom. The minimum Gasteiger partial charge on any atom is -0.496 e. The molecule has 5 heteroatoms. The number of aliphatic carboxylic acids is 1. The molecule has 1 unspecified atom stereocenters. The van der Waals surface area contributed by atoms with Crippen molar-refractivity contribution in [2.75, 3.05) is 14.2 Å². The molecule has 104 valence electrons. The Balaban J connectivity index is 2.46. The topological polar surface area (TPSA) is 76.0 Å². The largest absolute Gasteiger partial charge is 0.496 e. The van der Waals surface area contributed by atoms with E-state index in [4.69, 9.17) is 9.47 Å². The predicted molar refractivity (Wildman–Crippen MR) is 68.5 cm³/mol. The van der Waals surface area contributed by atoms with Crippen molar-refractivity contribution in [2.45, 2.75) is 25.9 Å². The average Bonchev–Trinajstić information content (AvgIpc) is 3.19. The van der Waals surface area contributed by atoms with E-state index < -0.39 is 17.5 Å². The van der Waals surface area contributed by atoms with Gasteiger partial charge in [0, 0.05) is 11.1 Å². The second kappa shape index (κ2) is 4.74. The normalized spacial score (nSPS) is 17.7. The number of methoxy groups -OCH3 is 2. The van der Waals surface area contributed by atoms with Crippen LogP contribution >= 0.6 is 0 Å². The van der Waals surface area contributed by atoms with E-state index in [1.54, 1.807) is 19.2 Å². The summed E-state index contributed by atoms with van der Waals surface area (Å²) in [6.45, 7) is 1.81. The molecular weight excluding hydrogens is 248 g/mol. The maximum Gasteiger partial charge on any atom is 0.312 e. The quantitative estimate of drug-likeness (QED) is 0.851. The van der Waals surface area contributed by atoms with Crippen LogP contribution in [0.1, 0.15) is 30.1 Å². The Hall–Kier alpha value is -1.75. The van der Waals surface area contributed by atoms with Crippen LogP contribution in [0.5, 0.6) is 11.5 Å². The third kappa shape index (κ3) is 2.04. The number of ether oxygens (including phenoxy) is 2. The highest BCUT2D eigenvalue weighted by Gasteiger charge is 2.57. The first kappa shape index (κ1) is 13.7. The highest BCUT2D eigenvalue weighted by atomic mass is 16.5. The fraction of sp³-hybridized carbons (Fsp3) is 0.500. The molecule has 0 bridgehead atoms. The highest BCUT2D eigenvalue weighted by Crippen LogP contribution is 2.56. The van der Waals surface area contributed by atoms with Crippen molar-refractivity contribution < 1.29 is 24.5 Å². The summed E-state index contributed by atoms with van der Waals surface area (Å²) in [6.07, 6.45) is -0.0975. The average molecular weight is 266 g/mol. The summed E-state index contributed by atoms with van der Waals surface area (Å²) < 4.78 is 10.5. The molecule has 1 aromatic rings. The Morgan fingerprint density at radius 3 is 2.37 bits per heavy atom. The third-order valence-corrected chi connectivity index (χ3v) is 3.84. The second-order valence-electron chi connectivity index (χ2n) is 4.88. The van der Waals surface area contributed by atoms with Gasteiger partial charge >= 0.3 is 5.97 Å². The zero-order chi connectivity index (χ0) is 14.2. The van der Waals surface area contributed by atoms with Gasteiger partial charge in [-0.25, -0.2) is 0 Å². The van der Waals surface area contributed by atoms with Crippen molar-refractivity contribution in [1.82, 2.24) is 0 Å². The Kier molecular flexibility index (Phi) is 3.41. The fourth-order valence-corrected chi connectivity index (χ4v) is 2.44. The van der Waals surface area contributed by atoms with E-state index in [-0.39, 0.29) is 0 Å². The van der Waals surface area contributed by atoms with Crippen molar-refractivity contribution in [1.29, 1.82) is 0 Å². The first-order valence-corrected chi connectivity index (χ1v) is 6.11. The summed E-state index contributed by atoms with van der Waals surface area (Å²) in [5.41, 5.74) is 0.192. The van der Waals surface area contributed by atoms with Crippen LogP contribution in [0.25, 0.3) is 0 Å². The lowest BCUT2D eigenvalue weighted by molar-refractivity contribution is -0.148. The number of carboxylic acid groups (broad SMARTS) is 1. The van der Waals surface area contributed by atoms with Crippen LogP contribution in [0, 0.1) is 12.3 Å². The Bertz CT molecular complexity index is 505. The molecule has 19 heavy (non-hydrogen) atoms. The van der Waals surface area contributed by atoms with E-state index in [1.165, 1.54) is 7.11 Å². The molecule has 0 amide bonds. The maximum atomic E-state index is 11.3. The SMILES string of the molecule is COc1ccc(C(O)C2(C(=O)O)CC2)c(OC)c1C. The number of aliphatic hydroxyl groups excluding tert-OH is 1. The third-order valence-electron chi connectivity index (χ3n) is 3.84. The number of carbonyl (C=O) groups is 1. The van der Waals surface area contributed by atoms with E-state index in [1.807, 2.05) is 6.92 Å². The molecule has 1 atom stereocenters. The molecule has 0 heterocycles. The van der Waals surface area contributed by atoms with Crippen molar-refractivity contribution >= 4 is 5.97 Å². The summed E-state index contributed by atoms with van der Waals surface area (Å²) in [5, 5.41) is 19.6. The highest BCUT2D eigenvalue weighted by molar-refractivity contribution is 5.79. The molecule has 2 N–H and O–H groups in total. The van der Waals surface area contributed by atoms with Crippen molar-refractivity contribution in [3.8, 4) is 11.5 Å². The summed E-state index contributed by atoms with van der Waals surface area (Å²) in [6, 6.07) is 3.38. The molecular formula is C14H18O5. The van der Waals surface area contributed by atoms with E-state index in [0.29, 0.717) is 29.9 Å². The second-order valence-corrected chi connectivity index (χ2v) is 4.88. The van der Waals surface area contributed by atoms with Gasteiger partial charge in [-0.2, -0.15) is 0 Å². The van der Waals surface area contributed by atoms with Gasteiger partial charge in [0.2, 0.25) is 0 Å². The lowest BCUT2D eigenvalue weighted by atomic mass is 9.91. The first-order chi connectivity index (χ1) is 8.97. The molecule has 0 radical (unpaired) electrons. The van der Waals surface area contributed by atoms with Crippen LogP contribution in [-0.2, 0) is 4.79 Å². The van der Waals surface area contributed by atoms with Crippen LogP contribution in [0.2, 0.25) is 0 Å². The number of hydrogen-bond donors (Lipinski definition) is 2. The zero-order valence-electron chi connectivity index (χ0n) is 11.3. The summed E-state index contributed by atoms with van der Waals surface area (Å²) in [7, 11) is 3.05. The molecule has 1 aliphatic carbocycles. The number of aliphatic hydroxyl groups is 1. The van der Waals surface area contributed by atoms with Gasteiger partial charge in [-0.3, -0.25) is 4.79 Å². The van der Waals surface area contributed by atoms with Gasteiger partial charge in [0.25, 0.3) is 0 Å². The number of benzene rings is 1. The lowest BCUT2D eigenvalue weighted by Gasteiger charge is -2.22. The van der Waals surface area contributed by atoms with Crippen LogP contribution in [-0.4, -0.2) is 30.4 Å². The molecule has 0 aliphatic heterocycles. The van der Waals surface area contributed by atoms with Crippen LogP contribution in [0.4, 0.5) is 0 Å². The van der Waals surface area contributed by atoms with Gasteiger partial charge in [-0.05, 0) is 31.9 Å². The van der Waals surface area contributed by atoms with Crippen LogP contribution < -0.4 is 9.47 Å². The maximum absolute atomic E-state index is 11.3. The molecule has 0 aromatic heterocycles. The molecule has 2 rings (SSSR count). The molecule has 0 saturated heterocycles. The van der Waals surface area contributed by atoms with E-state index in [0.717, 1.165) is 5.56 Å². The van der Waals surface area contributed by atoms with Crippen LogP contribution in [0.3, 0.4) is 0 Å². The molecule has 5 nitrogen and oxygen atoms in total. The van der Waals surface area contributed by atoms with E-state index in [2.05, 4.69) is 0 Å². The predicted octanol–water partition coefficient (Wildman–Crippen LogP) is 1.91. The van der Waals surface area contributed by atoms with E-state index >= 15 is 0 Å². The summed E-state index contributed by atoms with van der Waals surface area (Å²) in [4.78, 5) is 11.3. The Labute approximate surface area is 111 Å². The number of hydrogen-bond acceptors (Lipinski definition) is 4. The number of carboxylic acids is 1. The minimum absolute atomic E-state index is 0.484. The van der Waals surface area contributed by atoms with Gasteiger partial charge in [-0.15, -0.1) is 0 Å². The van der Waals surface area contributed by atoms with Crippen LogP contribution in [0.15, 0.2) is 12.1 Å². The monoisotopic (exact) mass is 266 g/mol. The smallest absolute Gasteiger partial charge is 0.312 e. The first-order valence-electron chi connectivity index (χ1n) is 6.11. The molecule has 0 spiro atoms. The molecule has 1 aromatic carbocycles. The van der Waals surface area contributed by atoms with Gasteiger partial charge in [-0.1, -0.05) is 0 Å². The summed E-state index contributed by atoms with van der Waals surface area (Å²) >= 11 is 0. The molecule has 1 aliphatic rings. The van der Waals surface area contributed by atoms with Gasteiger partial charge < -0.3 is 19.7 Å². The fourth-order valence-electron chi connectivity index (χ4n) is 2.44.